The molecule has 1 nitrogen and oxygen atoms in total. The number of rotatable bonds is 3. The van der Waals surface area contributed by atoms with Gasteiger partial charge in [-0.2, -0.15) is 0 Å². The van der Waals surface area contributed by atoms with Crippen molar-refractivity contribution in [1.82, 2.24) is 0 Å². The second-order valence-corrected chi connectivity index (χ2v) is 2.83. The summed E-state index contributed by atoms with van der Waals surface area (Å²) >= 11 is 0. The Kier molecular flexibility index (Phi) is 2.97. The molecule has 12 heavy (non-hydrogen) atoms. The largest absolute Gasteiger partial charge is 0.300 e. The van der Waals surface area contributed by atoms with Gasteiger partial charge in [0.2, 0.25) is 0 Å². The van der Waals surface area contributed by atoms with E-state index in [4.69, 9.17) is 0 Å². The first-order valence-electron chi connectivity index (χ1n) is 3.85. The Morgan fingerprint density at radius 3 is 2.17 bits per heavy atom. The second-order valence-electron chi connectivity index (χ2n) is 2.83. The van der Waals surface area contributed by atoms with Crippen molar-refractivity contribution in [2.24, 2.45) is 0 Å². The van der Waals surface area contributed by atoms with Crippen LogP contribution in [0.5, 0.6) is 0 Å². The Labute approximate surface area is 71.2 Å². The van der Waals surface area contributed by atoms with Crippen molar-refractivity contribution >= 4 is 5.78 Å². The van der Waals surface area contributed by atoms with E-state index in [0.29, 0.717) is 12.0 Å². The third kappa shape index (κ3) is 2.46. The van der Waals surface area contributed by atoms with Gasteiger partial charge in [0.1, 0.15) is 12.5 Å². The molecule has 0 radical (unpaired) electrons. The van der Waals surface area contributed by atoms with Crippen LogP contribution >= 0.6 is 0 Å². The summed E-state index contributed by atoms with van der Waals surface area (Å²) in [5, 5.41) is 0. The van der Waals surface area contributed by atoms with E-state index < -0.39 is 6.67 Å². The monoisotopic (exact) mass is 166 g/mol. The highest BCUT2D eigenvalue weighted by Crippen LogP contribution is 2.06. The Bertz CT molecular complexity index is 264. The molecule has 1 aromatic rings. The Hall–Kier alpha value is -1.18. The molecule has 0 heterocycles. The SMILES string of the molecule is CC(=O)Cc1ccc(CF)cc1. The molecule has 0 aliphatic carbocycles. The van der Waals surface area contributed by atoms with E-state index in [9.17, 15) is 9.18 Å². The lowest BCUT2D eigenvalue weighted by molar-refractivity contribution is -0.116. The zero-order valence-electron chi connectivity index (χ0n) is 7.01. The van der Waals surface area contributed by atoms with Crippen molar-refractivity contribution in [3.8, 4) is 0 Å². The predicted molar refractivity (Wildman–Crippen MR) is 45.6 cm³/mol. The van der Waals surface area contributed by atoms with Crippen LogP contribution in [0, 0.1) is 0 Å². The molecule has 0 aliphatic heterocycles. The van der Waals surface area contributed by atoms with Gasteiger partial charge < -0.3 is 0 Å². The van der Waals surface area contributed by atoms with Gasteiger partial charge in [-0.3, -0.25) is 4.79 Å². The van der Waals surface area contributed by atoms with E-state index in [1.54, 1.807) is 31.2 Å². The molecule has 0 saturated carbocycles. The van der Waals surface area contributed by atoms with Crippen LogP contribution in [-0.4, -0.2) is 5.78 Å². The van der Waals surface area contributed by atoms with Gasteiger partial charge >= 0.3 is 0 Å². The molecule has 1 rings (SSSR count). The van der Waals surface area contributed by atoms with E-state index in [1.165, 1.54) is 0 Å². The molecule has 0 N–H and O–H groups in total. The van der Waals surface area contributed by atoms with Gasteiger partial charge in [-0.15, -0.1) is 0 Å². The molecule has 0 unspecified atom stereocenters. The van der Waals surface area contributed by atoms with Crippen LogP contribution in [0.2, 0.25) is 0 Å². The summed E-state index contributed by atoms with van der Waals surface area (Å²) in [6.07, 6.45) is 0.437. The summed E-state index contributed by atoms with van der Waals surface area (Å²) in [5.74, 6) is 0.128. The smallest absolute Gasteiger partial charge is 0.134 e. The van der Waals surface area contributed by atoms with Crippen LogP contribution in [0.3, 0.4) is 0 Å². The maximum absolute atomic E-state index is 12.1. The Morgan fingerprint density at radius 1 is 1.25 bits per heavy atom. The highest BCUT2D eigenvalue weighted by Gasteiger charge is 1.97. The summed E-state index contributed by atoms with van der Waals surface area (Å²) in [7, 11) is 0. The number of Topliss-reactive ketones (excluding diaryl/α,β-unsaturated/α-hetero) is 1. The quantitative estimate of drug-likeness (QED) is 0.673. The summed E-state index contributed by atoms with van der Waals surface area (Å²) in [6, 6.07) is 6.99. The standard InChI is InChI=1S/C10H11FO/c1-8(12)6-9-2-4-10(7-11)5-3-9/h2-5H,6-7H2,1H3. The molecule has 0 saturated heterocycles. The molecule has 64 valence electrons. The van der Waals surface area contributed by atoms with Crippen molar-refractivity contribution in [2.75, 3.05) is 0 Å². The minimum Gasteiger partial charge on any atom is -0.300 e. The predicted octanol–water partition coefficient (Wildman–Crippen LogP) is 2.29. The van der Waals surface area contributed by atoms with Gasteiger partial charge in [0, 0.05) is 6.42 Å². The van der Waals surface area contributed by atoms with Crippen LogP contribution in [0.4, 0.5) is 4.39 Å². The molecule has 0 amide bonds. The van der Waals surface area contributed by atoms with Crippen molar-refractivity contribution in [3.63, 3.8) is 0 Å². The third-order valence-corrected chi connectivity index (χ3v) is 1.63. The third-order valence-electron chi connectivity index (χ3n) is 1.63. The van der Waals surface area contributed by atoms with E-state index >= 15 is 0 Å². The fraction of sp³-hybridized carbons (Fsp3) is 0.300. The normalized spacial score (nSPS) is 9.83. The van der Waals surface area contributed by atoms with Crippen molar-refractivity contribution < 1.29 is 9.18 Å². The number of carbonyl (C=O) groups is 1. The molecule has 0 aromatic heterocycles. The molecule has 0 bridgehead atoms. The van der Waals surface area contributed by atoms with Gasteiger partial charge in [-0.25, -0.2) is 4.39 Å². The highest BCUT2D eigenvalue weighted by atomic mass is 19.1. The maximum Gasteiger partial charge on any atom is 0.134 e. The van der Waals surface area contributed by atoms with Gasteiger partial charge in [0.25, 0.3) is 0 Å². The van der Waals surface area contributed by atoms with Crippen LogP contribution in [0.15, 0.2) is 24.3 Å². The minimum atomic E-state index is -0.444. The maximum atomic E-state index is 12.1. The lowest BCUT2D eigenvalue weighted by Crippen LogP contribution is -1.95. The molecule has 0 atom stereocenters. The van der Waals surface area contributed by atoms with Crippen LogP contribution in [0.25, 0.3) is 0 Å². The van der Waals surface area contributed by atoms with E-state index in [0.717, 1.165) is 5.56 Å². The fourth-order valence-electron chi connectivity index (χ4n) is 1.03. The number of hydrogen-bond donors (Lipinski definition) is 0. The summed E-state index contributed by atoms with van der Waals surface area (Å²) < 4.78 is 12.1. The Morgan fingerprint density at radius 2 is 1.75 bits per heavy atom. The van der Waals surface area contributed by atoms with Crippen LogP contribution < -0.4 is 0 Å². The van der Waals surface area contributed by atoms with Crippen LogP contribution in [0.1, 0.15) is 18.1 Å². The summed E-state index contributed by atoms with van der Waals surface area (Å²) in [4.78, 5) is 10.7. The van der Waals surface area contributed by atoms with E-state index in [2.05, 4.69) is 0 Å². The first-order chi connectivity index (χ1) is 5.72. The molecular weight excluding hydrogens is 155 g/mol. The fourth-order valence-corrected chi connectivity index (χ4v) is 1.03. The number of hydrogen-bond acceptors (Lipinski definition) is 1. The lowest BCUT2D eigenvalue weighted by Gasteiger charge is -1.98. The van der Waals surface area contributed by atoms with E-state index in [1.807, 2.05) is 0 Å². The molecule has 0 aliphatic rings. The second kappa shape index (κ2) is 4.00. The van der Waals surface area contributed by atoms with Crippen molar-refractivity contribution in [2.45, 2.75) is 20.0 Å². The zero-order valence-corrected chi connectivity index (χ0v) is 7.01. The van der Waals surface area contributed by atoms with Crippen molar-refractivity contribution in [3.05, 3.63) is 35.4 Å². The van der Waals surface area contributed by atoms with Gasteiger partial charge in [-0.1, -0.05) is 24.3 Å². The summed E-state index contributed by atoms with van der Waals surface area (Å²) in [6.45, 7) is 1.10. The zero-order chi connectivity index (χ0) is 8.97. The number of halogens is 1. The highest BCUT2D eigenvalue weighted by molar-refractivity contribution is 5.78. The van der Waals surface area contributed by atoms with Gasteiger partial charge in [0.05, 0.1) is 0 Å². The average Bonchev–Trinajstić information content (AvgIpc) is 2.05. The van der Waals surface area contributed by atoms with Crippen molar-refractivity contribution in [1.29, 1.82) is 0 Å². The lowest BCUT2D eigenvalue weighted by atomic mass is 10.1. The number of alkyl halides is 1. The first-order valence-corrected chi connectivity index (χ1v) is 3.85. The number of benzene rings is 1. The van der Waals surface area contributed by atoms with Gasteiger partial charge in [0.15, 0.2) is 0 Å². The van der Waals surface area contributed by atoms with Gasteiger partial charge in [-0.05, 0) is 18.1 Å². The first kappa shape index (κ1) is 8.91. The molecular formula is C10H11FO. The Balaban J connectivity index is 2.71. The molecule has 1 aromatic carbocycles. The molecule has 0 spiro atoms. The number of ketones is 1. The van der Waals surface area contributed by atoms with E-state index in [-0.39, 0.29) is 5.78 Å². The topological polar surface area (TPSA) is 17.1 Å². The number of carbonyl (C=O) groups excluding carboxylic acids is 1. The minimum absolute atomic E-state index is 0.128. The molecule has 0 fully saturated rings. The summed E-state index contributed by atoms with van der Waals surface area (Å²) in [5.41, 5.74) is 1.60. The average molecular weight is 166 g/mol. The molecule has 2 heteroatoms. The van der Waals surface area contributed by atoms with Crippen LogP contribution in [-0.2, 0) is 17.9 Å².